The first-order valence-corrected chi connectivity index (χ1v) is 4.86. The second-order valence-corrected chi connectivity index (χ2v) is 3.28. The normalized spacial score (nSPS) is 9.93. The standard InChI is InChI=1S/C8H8F2N2OS/c1-14-7-5(9)2-4(3-6(7)10)12-8(11)13/h2-3H,1H3,(H3,11,12,13). The van der Waals surface area contributed by atoms with Crippen LogP contribution in [0.15, 0.2) is 17.0 Å². The maximum Gasteiger partial charge on any atom is 0.316 e. The molecule has 0 heterocycles. The molecule has 0 saturated carbocycles. The van der Waals surface area contributed by atoms with E-state index in [0.717, 1.165) is 23.9 Å². The molecule has 0 bridgehead atoms. The minimum atomic E-state index is -0.860. The summed E-state index contributed by atoms with van der Waals surface area (Å²) in [6, 6.07) is 1.17. The van der Waals surface area contributed by atoms with Crippen LogP contribution in [0.25, 0.3) is 0 Å². The third kappa shape index (κ3) is 2.35. The van der Waals surface area contributed by atoms with E-state index in [0.29, 0.717) is 0 Å². The highest BCUT2D eigenvalue weighted by molar-refractivity contribution is 7.98. The summed E-state index contributed by atoms with van der Waals surface area (Å²) < 4.78 is 26.2. The van der Waals surface area contributed by atoms with E-state index in [1.807, 2.05) is 0 Å². The molecule has 0 aromatic heterocycles. The first-order chi connectivity index (χ1) is 6.54. The molecule has 14 heavy (non-hydrogen) atoms. The Morgan fingerprint density at radius 2 is 1.93 bits per heavy atom. The van der Waals surface area contributed by atoms with E-state index in [9.17, 15) is 13.6 Å². The van der Waals surface area contributed by atoms with Crippen LogP contribution in [-0.4, -0.2) is 12.3 Å². The Hall–Kier alpha value is -1.30. The van der Waals surface area contributed by atoms with E-state index in [2.05, 4.69) is 5.32 Å². The topological polar surface area (TPSA) is 55.1 Å². The Kier molecular flexibility index (Phi) is 3.29. The monoisotopic (exact) mass is 218 g/mol. The van der Waals surface area contributed by atoms with Gasteiger partial charge in [-0.2, -0.15) is 0 Å². The summed E-state index contributed by atoms with van der Waals surface area (Å²) in [6.45, 7) is 0. The SMILES string of the molecule is CSc1c(F)cc(NC(N)=O)cc1F. The van der Waals surface area contributed by atoms with E-state index in [1.54, 1.807) is 6.26 Å². The summed E-state index contributed by atoms with van der Waals surface area (Å²) in [4.78, 5) is 10.3. The van der Waals surface area contributed by atoms with Gasteiger partial charge in [-0.15, -0.1) is 11.8 Å². The highest BCUT2D eigenvalue weighted by atomic mass is 32.2. The van der Waals surface area contributed by atoms with Crippen molar-refractivity contribution in [2.24, 2.45) is 5.73 Å². The van der Waals surface area contributed by atoms with Crippen LogP contribution >= 0.6 is 11.8 Å². The number of anilines is 1. The molecule has 76 valence electrons. The Bertz CT molecular complexity index is 347. The van der Waals surface area contributed by atoms with Crippen molar-refractivity contribution in [3.63, 3.8) is 0 Å². The van der Waals surface area contributed by atoms with Crippen LogP contribution in [0.5, 0.6) is 0 Å². The van der Waals surface area contributed by atoms with Gasteiger partial charge in [-0.05, 0) is 18.4 Å². The first kappa shape index (κ1) is 10.8. The highest BCUT2D eigenvalue weighted by Crippen LogP contribution is 2.26. The van der Waals surface area contributed by atoms with Gasteiger partial charge in [-0.1, -0.05) is 0 Å². The predicted molar refractivity (Wildman–Crippen MR) is 51.3 cm³/mol. The second-order valence-electron chi connectivity index (χ2n) is 2.46. The molecule has 0 radical (unpaired) electrons. The van der Waals surface area contributed by atoms with Crippen LogP contribution in [0.2, 0.25) is 0 Å². The Morgan fingerprint density at radius 3 is 2.29 bits per heavy atom. The Labute approximate surface area is 83.7 Å². The van der Waals surface area contributed by atoms with E-state index in [-0.39, 0.29) is 10.6 Å². The van der Waals surface area contributed by atoms with Crippen LogP contribution in [0, 0.1) is 11.6 Å². The third-order valence-electron chi connectivity index (χ3n) is 1.47. The zero-order valence-corrected chi connectivity index (χ0v) is 8.12. The summed E-state index contributed by atoms with van der Waals surface area (Å²) in [6.07, 6.45) is 1.56. The number of benzene rings is 1. The molecule has 3 nitrogen and oxygen atoms in total. The van der Waals surface area contributed by atoms with Gasteiger partial charge in [0.15, 0.2) is 0 Å². The van der Waals surface area contributed by atoms with E-state index >= 15 is 0 Å². The highest BCUT2D eigenvalue weighted by Gasteiger charge is 2.10. The van der Waals surface area contributed by atoms with Crippen molar-refractivity contribution in [1.29, 1.82) is 0 Å². The number of hydrogen-bond acceptors (Lipinski definition) is 2. The smallest absolute Gasteiger partial charge is 0.316 e. The number of nitrogens with two attached hydrogens (primary N) is 1. The average Bonchev–Trinajstić information content (AvgIpc) is 2.01. The molecule has 1 rings (SSSR count). The molecular weight excluding hydrogens is 210 g/mol. The number of halogens is 2. The fourth-order valence-electron chi connectivity index (χ4n) is 0.969. The number of nitrogens with one attached hydrogen (secondary N) is 1. The lowest BCUT2D eigenvalue weighted by molar-refractivity contribution is 0.259. The van der Waals surface area contributed by atoms with Crippen LogP contribution in [0.1, 0.15) is 0 Å². The lowest BCUT2D eigenvalue weighted by Gasteiger charge is -2.05. The molecule has 6 heteroatoms. The van der Waals surface area contributed by atoms with Crippen LogP contribution in [-0.2, 0) is 0 Å². The van der Waals surface area contributed by atoms with Gasteiger partial charge in [0.05, 0.1) is 4.90 Å². The van der Waals surface area contributed by atoms with Gasteiger partial charge in [0.25, 0.3) is 0 Å². The van der Waals surface area contributed by atoms with Crippen LogP contribution in [0.3, 0.4) is 0 Å². The minimum absolute atomic E-state index is 0.00491. The van der Waals surface area contributed by atoms with Crippen LogP contribution < -0.4 is 11.1 Å². The number of carbonyl (C=O) groups excluding carboxylic acids is 1. The van der Waals surface area contributed by atoms with E-state index < -0.39 is 17.7 Å². The molecule has 0 unspecified atom stereocenters. The molecule has 1 aromatic carbocycles. The number of hydrogen-bond donors (Lipinski definition) is 2. The lowest BCUT2D eigenvalue weighted by Crippen LogP contribution is -2.19. The second kappa shape index (κ2) is 4.28. The fraction of sp³-hybridized carbons (Fsp3) is 0.125. The molecular formula is C8H8F2N2OS. The average molecular weight is 218 g/mol. The molecule has 1 aromatic rings. The van der Waals surface area contributed by atoms with Crippen molar-refractivity contribution in [1.82, 2.24) is 0 Å². The van der Waals surface area contributed by atoms with E-state index in [1.165, 1.54) is 0 Å². The predicted octanol–water partition coefficient (Wildman–Crippen LogP) is 2.18. The molecule has 0 saturated heterocycles. The zero-order chi connectivity index (χ0) is 10.7. The maximum atomic E-state index is 13.1. The molecule has 3 N–H and O–H groups in total. The molecule has 0 fully saturated rings. The van der Waals surface area contributed by atoms with Crippen molar-refractivity contribution in [2.75, 3.05) is 11.6 Å². The summed E-state index contributed by atoms with van der Waals surface area (Å²) in [5.74, 6) is -1.44. The summed E-state index contributed by atoms with van der Waals surface area (Å²) >= 11 is 0.956. The first-order valence-electron chi connectivity index (χ1n) is 3.64. The summed E-state index contributed by atoms with van der Waals surface area (Å²) in [7, 11) is 0. The van der Waals surface area contributed by atoms with Gasteiger partial charge in [-0.25, -0.2) is 13.6 Å². The van der Waals surface area contributed by atoms with Gasteiger partial charge in [0.1, 0.15) is 11.6 Å². The van der Waals surface area contributed by atoms with Gasteiger partial charge >= 0.3 is 6.03 Å². The van der Waals surface area contributed by atoms with Crippen molar-refractivity contribution in [3.05, 3.63) is 23.8 Å². The maximum absolute atomic E-state index is 13.1. The molecule has 0 spiro atoms. The lowest BCUT2D eigenvalue weighted by atomic mass is 10.3. The summed E-state index contributed by atoms with van der Waals surface area (Å²) in [5, 5.41) is 2.09. The van der Waals surface area contributed by atoms with Crippen LogP contribution in [0.4, 0.5) is 19.3 Å². The number of amides is 2. The van der Waals surface area contributed by atoms with Gasteiger partial charge < -0.3 is 11.1 Å². The number of urea groups is 1. The molecule has 0 aliphatic heterocycles. The van der Waals surface area contributed by atoms with Crippen molar-refractivity contribution in [3.8, 4) is 0 Å². The Balaban J connectivity index is 3.07. The van der Waals surface area contributed by atoms with Crippen molar-refractivity contribution >= 4 is 23.5 Å². The Morgan fingerprint density at radius 1 is 1.43 bits per heavy atom. The molecule has 0 aliphatic rings. The van der Waals surface area contributed by atoms with E-state index in [4.69, 9.17) is 5.73 Å². The number of carbonyl (C=O) groups is 1. The molecule has 0 aliphatic carbocycles. The fourth-order valence-corrected chi connectivity index (χ4v) is 1.48. The number of primary amides is 1. The van der Waals surface area contributed by atoms with Gasteiger partial charge in [0.2, 0.25) is 0 Å². The molecule has 0 atom stereocenters. The summed E-state index contributed by atoms with van der Waals surface area (Å²) in [5.41, 5.74) is 4.80. The number of thioether (sulfide) groups is 1. The number of rotatable bonds is 2. The quantitative estimate of drug-likeness (QED) is 0.747. The van der Waals surface area contributed by atoms with Crippen molar-refractivity contribution in [2.45, 2.75) is 4.90 Å². The van der Waals surface area contributed by atoms with Gasteiger partial charge in [-0.3, -0.25) is 0 Å². The molecule has 2 amide bonds. The van der Waals surface area contributed by atoms with Crippen molar-refractivity contribution < 1.29 is 13.6 Å². The van der Waals surface area contributed by atoms with Gasteiger partial charge in [0, 0.05) is 5.69 Å². The zero-order valence-electron chi connectivity index (χ0n) is 7.30. The largest absolute Gasteiger partial charge is 0.351 e. The third-order valence-corrected chi connectivity index (χ3v) is 2.27. The minimum Gasteiger partial charge on any atom is -0.351 e.